The van der Waals surface area contributed by atoms with E-state index in [1.165, 1.54) is 36.8 Å². The van der Waals surface area contributed by atoms with Crippen LogP contribution in [0.25, 0.3) is 67.3 Å². The van der Waals surface area contributed by atoms with Gasteiger partial charge in [-0.25, -0.2) is 29.9 Å². The number of halogens is 9. The highest BCUT2D eigenvalue weighted by Gasteiger charge is 2.39. The smallest absolute Gasteiger partial charge is 0.394 e. The predicted molar refractivity (Wildman–Crippen MR) is 301 cm³/mol. The van der Waals surface area contributed by atoms with Crippen LogP contribution in [0.4, 0.5) is 57.0 Å². The number of H-pyrrole nitrogens is 3. The number of benzene rings is 1. The Morgan fingerprint density at radius 2 is 0.916 bits per heavy atom. The Kier molecular flexibility index (Phi) is 16.8. The molecule has 0 spiro atoms. The van der Waals surface area contributed by atoms with Gasteiger partial charge in [0.05, 0.1) is 64.7 Å². The van der Waals surface area contributed by atoms with E-state index in [4.69, 9.17) is 0 Å². The first-order valence-electron chi connectivity index (χ1n) is 26.3. The second-order valence-electron chi connectivity index (χ2n) is 19.7. The number of hydrogen-bond donors (Lipinski definition) is 9. The van der Waals surface area contributed by atoms with E-state index in [0.29, 0.717) is 58.2 Å². The topological polar surface area (TPSA) is 260 Å². The second kappa shape index (κ2) is 24.3. The lowest BCUT2D eigenvalue weighted by atomic mass is 9.92. The first-order valence-corrected chi connectivity index (χ1v) is 26.3. The van der Waals surface area contributed by atoms with Crippen molar-refractivity contribution in [2.24, 2.45) is 0 Å². The summed E-state index contributed by atoms with van der Waals surface area (Å²) < 4.78 is 122. The van der Waals surface area contributed by atoms with Crippen LogP contribution in [0.1, 0.15) is 86.8 Å². The van der Waals surface area contributed by atoms with Gasteiger partial charge >= 0.3 is 18.5 Å². The maximum atomic E-state index is 13.6. The highest BCUT2D eigenvalue weighted by Crippen LogP contribution is 2.42. The van der Waals surface area contributed by atoms with Crippen LogP contribution < -0.4 is 16.0 Å². The molecule has 2 saturated carbocycles. The number of rotatable bonds is 11. The number of anilines is 3. The minimum atomic E-state index is -4.60. The lowest BCUT2D eigenvalue weighted by Crippen LogP contribution is -2.36. The molecule has 0 amide bonds. The molecule has 442 valence electrons. The first-order chi connectivity index (χ1) is 39.8. The molecule has 27 heteroatoms. The van der Waals surface area contributed by atoms with Gasteiger partial charge < -0.3 is 31.3 Å². The molecule has 2 aliphatic rings. The van der Waals surface area contributed by atoms with Gasteiger partial charge in [-0.05, 0) is 117 Å². The molecule has 9 aromatic heterocycles. The monoisotopic (exact) mass is 1160 g/mol. The standard InChI is InChI=1S/C20H16F3N5O.2C18H18F3N5O.5H2/c21-20(22,23)14-8-9-16(25-15(11-29)12-5-2-1-3-6-12)26-18(14)17-13-7-4-10-24-19(13)28-27-17;19-18(20,21)13-7-8-14(23-10-3-5-11(27)6-4-10)24-16(13)15-12-2-1-9-22-17(12)26-25-15;19-18(20,21)11-7-8-14(23-12-5-1-2-6-13(12)27)24-16(11)15-10-4-3-9-22-17(10)26-25-15;;;;;/h1-10,15,29H,11H2,(H,25,26)(H,24,27,28);1-2,7-11,27H,3-6H2,(H,23,24)(H,22,25,26);3-4,7-9,12-13,27H,1-2,5-6H2,(H,23,24)(H,22,25,26);5*1H/t15-;;;;;;;/m0......./s1. The highest BCUT2D eigenvalue weighted by atomic mass is 19.4. The van der Waals surface area contributed by atoms with Gasteiger partial charge in [0.2, 0.25) is 0 Å². The predicted octanol–water partition coefficient (Wildman–Crippen LogP) is 12.9. The summed E-state index contributed by atoms with van der Waals surface area (Å²) in [6.07, 6.45) is -3.85. The van der Waals surface area contributed by atoms with Gasteiger partial charge in [-0.15, -0.1) is 0 Å². The van der Waals surface area contributed by atoms with Crippen LogP contribution >= 0.6 is 0 Å². The summed E-state index contributed by atoms with van der Waals surface area (Å²) in [7, 11) is 0. The Balaban J connectivity index is 0.000000234. The first kappa shape index (κ1) is 57.4. The number of aromatic amines is 3. The van der Waals surface area contributed by atoms with Gasteiger partial charge in [0.1, 0.15) is 34.5 Å². The van der Waals surface area contributed by atoms with E-state index in [1.54, 1.807) is 36.4 Å². The fourth-order valence-electron chi connectivity index (χ4n) is 9.97. The molecule has 0 bridgehead atoms. The molecule has 1 aromatic carbocycles. The molecule has 3 atom stereocenters. The second-order valence-corrected chi connectivity index (χ2v) is 19.7. The van der Waals surface area contributed by atoms with E-state index in [0.717, 1.165) is 55.9 Å². The number of hydrogen-bond acceptors (Lipinski definition) is 15. The van der Waals surface area contributed by atoms with E-state index in [1.807, 2.05) is 30.3 Å². The van der Waals surface area contributed by atoms with Gasteiger partial charge in [0.15, 0.2) is 16.9 Å². The lowest BCUT2D eigenvalue weighted by Gasteiger charge is -2.29. The van der Waals surface area contributed by atoms with Crippen molar-refractivity contribution >= 4 is 50.6 Å². The average molecular weight is 1160 g/mol. The number of fused-ring (bicyclic) bond motifs is 3. The highest BCUT2D eigenvalue weighted by molar-refractivity contribution is 5.92. The molecule has 0 saturated heterocycles. The summed E-state index contributed by atoms with van der Waals surface area (Å²) in [5.41, 5.74) is -1.09. The molecule has 2 unspecified atom stereocenters. The summed E-state index contributed by atoms with van der Waals surface area (Å²) in [6, 6.07) is 25.1. The molecule has 9 N–H and O–H groups in total. The largest absolute Gasteiger partial charge is 0.418 e. The van der Waals surface area contributed by atoms with Crippen LogP contribution in [0.3, 0.4) is 0 Å². The molecule has 18 nitrogen and oxygen atoms in total. The van der Waals surface area contributed by atoms with Crippen molar-refractivity contribution in [3.8, 4) is 34.2 Å². The maximum absolute atomic E-state index is 13.6. The third-order valence-electron chi connectivity index (χ3n) is 14.1. The van der Waals surface area contributed by atoms with E-state index in [-0.39, 0.29) is 77.7 Å². The van der Waals surface area contributed by atoms with Crippen LogP contribution in [-0.2, 0) is 18.5 Å². The van der Waals surface area contributed by atoms with Crippen molar-refractivity contribution in [1.29, 1.82) is 0 Å². The van der Waals surface area contributed by atoms with Gasteiger partial charge in [-0.3, -0.25) is 15.3 Å². The van der Waals surface area contributed by atoms with Crippen LogP contribution in [0, 0.1) is 0 Å². The Morgan fingerprint density at radius 1 is 0.494 bits per heavy atom. The Labute approximate surface area is 472 Å². The molecule has 10 aromatic rings. The Bertz CT molecular complexity index is 3840. The van der Waals surface area contributed by atoms with Crippen LogP contribution in [0.5, 0.6) is 0 Å². The minimum absolute atomic E-state index is 0. The zero-order valence-electron chi connectivity index (χ0n) is 43.6. The summed E-state index contributed by atoms with van der Waals surface area (Å²) in [5.74, 6) is 0.851. The Morgan fingerprint density at radius 3 is 1.35 bits per heavy atom. The van der Waals surface area contributed by atoms with E-state index in [9.17, 15) is 54.8 Å². The van der Waals surface area contributed by atoms with Crippen LogP contribution in [0.2, 0.25) is 0 Å². The van der Waals surface area contributed by atoms with E-state index in [2.05, 4.69) is 76.4 Å². The van der Waals surface area contributed by atoms with Crippen LogP contribution in [0.15, 0.2) is 122 Å². The van der Waals surface area contributed by atoms with Gasteiger partial charge in [0, 0.05) is 47.9 Å². The molecular weight excluding hydrogens is 1100 g/mol. The van der Waals surface area contributed by atoms with Gasteiger partial charge in [-0.2, -0.15) is 54.8 Å². The number of aliphatic hydroxyl groups excluding tert-OH is 3. The molecule has 0 aliphatic heterocycles. The lowest BCUT2D eigenvalue weighted by molar-refractivity contribution is -0.138. The van der Waals surface area contributed by atoms with E-state index < -0.39 is 47.4 Å². The van der Waals surface area contributed by atoms with Crippen molar-refractivity contribution in [2.75, 3.05) is 22.6 Å². The fourth-order valence-corrected chi connectivity index (χ4v) is 9.97. The number of nitrogens with one attached hydrogen (secondary N) is 6. The zero-order chi connectivity index (χ0) is 58.5. The fraction of sp³-hybridized carbons (Fsp3) is 0.304. The minimum Gasteiger partial charge on any atom is -0.394 e. The van der Waals surface area contributed by atoms with E-state index >= 15 is 0 Å². The van der Waals surface area contributed by atoms with Crippen molar-refractivity contribution in [1.82, 2.24) is 60.5 Å². The normalized spacial score (nSPS) is 18.0. The van der Waals surface area contributed by atoms with Crippen molar-refractivity contribution in [3.05, 3.63) is 144 Å². The molecule has 83 heavy (non-hydrogen) atoms. The Hall–Kier alpha value is -8.82. The third-order valence-corrected chi connectivity index (χ3v) is 14.1. The molecule has 2 fully saturated rings. The summed E-state index contributed by atoms with van der Waals surface area (Å²) in [6.45, 7) is -0.251. The quantitative estimate of drug-likeness (QED) is 0.0546. The van der Waals surface area contributed by atoms with Crippen molar-refractivity contribution in [2.45, 2.75) is 100 Å². The number of alkyl halides is 9. The number of nitrogens with zero attached hydrogens (tertiary/aromatic N) is 9. The number of pyridine rings is 6. The summed E-state index contributed by atoms with van der Waals surface area (Å²) in [5, 5.41) is 59.9. The summed E-state index contributed by atoms with van der Waals surface area (Å²) >= 11 is 0. The summed E-state index contributed by atoms with van der Waals surface area (Å²) in [4.78, 5) is 24.8. The molecule has 0 radical (unpaired) electrons. The van der Waals surface area contributed by atoms with Crippen molar-refractivity contribution in [3.63, 3.8) is 0 Å². The molecule has 12 rings (SSSR count). The maximum Gasteiger partial charge on any atom is 0.418 e. The van der Waals surface area contributed by atoms with Gasteiger partial charge in [0.25, 0.3) is 0 Å². The number of aliphatic hydroxyl groups is 3. The third kappa shape index (κ3) is 13.3. The molecular formula is C56H62F9N15O3. The SMILES string of the molecule is OC1CCC(Nc2ccc(C(F)(F)F)c(-c3[nH]nc4ncccc34)n2)CC1.OC1CCCCC1Nc1ccc(C(F)(F)F)c(-c2[nH]nc3ncccc23)n1.OC[C@H](Nc1ccc(C(F)(F)F)c(-c2[nH]nc3ncccc23)n1)c1ccccc1.[HH].[HH].[HH].[HH].[HH]. The zero-order valence-corrected chi connectivity index (χ0v) is 43.6. The molecule has 9 heterocycles. The van der Waals surface area contributed by atoms with Crippen molar-refractivity contribution < 1.29 is 62.0 Å². The molecule has 2 aliphatic carbocycles. The average Bonchev–Trinajstić information content (AvgIpc) is 2.02. The van der Waals surface area contributed by atoms with Crippen LogP contribution in [-0.4, -0.2) is 107 Å². The van der Waals surface area contributed by atoms with Gasteiger partial charge in [-0.1, -0.05) is 43.2 Å². The number of aromatic nitrogens is 12.